The van der Waals surface area contributed by atoms with Gasteiger partial charge in [0.1, 0.15) is 0 Å². The fourth-order valence-electron chi connectivity index (χ4n) is 1.70. The smallest absolute Gasteiger partial charge is 0.0540 e. The van der Waals surface area contributed by atoms with Crippen molar-refractivity contribution in [3.05, 3.63) is 0 Å². The van der Waals surface area contributed by atoms with Crippen LogP contribution in [0.4, 0.5) is 0 Å². The monoisotopic (exact) mass is 234 g/mol. The average Bonchev–Trinajstić information content (AvgIpc) is 2.20. The SMILES string of the molecule is CCCC(O)CCCC1SCCCS1. The van der Waals surface area contributed by atoms with E-state index in [1.807, 2.05) is 0 Å². The maximum Gasteiger partial charge on any atom is 0.0540 e. The first-order chi connectivity index (χ1) is 6.83. The molecule has 1 atom stereocenters. The zero-order valence-electron chi connectivity index (χ0n) is 9.08. The molecule has 1 aliphatic rings. The van der Waals surface area contributed by atoms with Crippen LogP contribution in [0, 0.1) is 0 Å². The lowest BCUT2D eigenvalue weighted by molar-refractivity contribution is 0.150. The van der Waals surface area contributed by atoms with Crippen LogP contribution in [0.15, 0.2) is 0 Å². The van der Waals surface area contributed by atoms with Crippen molar-refractivity contribution in [3.8, 4) is 0 Å². The molecule has 1 nitrogen and oxygen atoms in total. The van der Waals surface area contributed by atoms with Gasteiger partial charge in [-0.05, 0) is 43.6 Å². The van der Waals surface area contributed by atoms with Gasteiger partial charge in [0.05, 0.1) is 10.7 Å². The molecule has 84 valence electrons. The molecule has 14 heavy (non-hydrogen) atoms. The van der Waals surface area contributed by atoms with Gasteiger partial charge in [-0.25, -0.2) is 0 Å². The average molecular weight is 234 g/mol. The van der Waals surface area contributed by atoms with Crippen LogP contribution in [0.1, 0.15) is 45.4 Å². The van der Waals surface area contributed by atoms with E-state index < -0.39 is 0 Å². The third kappa shape index (κ3) is 5.52. The second-order valence-electron chi connectivity index (χ2n) is 3.90. The number of hydrogen-bond acceptors (Lipinski definition) is 3. The Morgan fingerprint density at radius 3 is 2.64 bits per heavy atom. The number of aliphatic hydroxyl groups excluding tert-OH is 1. The van der Waals surface area contributed by atoms with E-state index in [0.29, 0.717) is 0 Å². The second-order valence-corrected chi connectivity index (χ2v) is 6.82. The molecule has 1 N–H and O–H groups in total. The van der Waals surface area contributed by atoms with Gasteiger partial charge in [-0.15, -0.1) is 23.5 Å². The largest absolute Gasteiger partial charge is 0.393 e. The zero-order chi connectivity index (χ0) is 10.2. The van der Waals surface area contributed by atoms with Gasteiger partial charge < -0.3 is 5.11 Å². The molecule has 0 saturated carbocycles. The van der Waals surface area contributed by atoms with E-state index in [9.17, 15) is 5.11 Å². The Morgan fingerprint density at radius 2 is 2.00 bits per heavy atom. The summed E-state index contributed by atoms with van der Waals surface area (Å²) in [6.07, 6.45) is 6.91. The number of thioether (sulfide) groups is 2. The first-order valence-electron chi connectivity index (χ1n) is 5.74. The Balaban J connectivity index is 1.96. The summed E-state index contributed by atoms with van der Waals surface area (Å²) in [5, 5.41) is 9.57. The van der Waals surface area contributed by atoms with Crippen LogP contribution in [0.3, 0.4) is 0 Å². The van der Waals surface area contributed by atoms with Gasteiger partial charge in [0.15, 0.2) is 0 Å². The Morgan fingerprint density at radius 1 is 1.29 bits per heavy atom. The molecule has 1 fully saturated rings. The van der Waals surface area contributed by atoms with E-state index in [1.54, 1.807) is 0 Å². The summed E-state index contributed by atoms with van der Waals surface area (Å²) < 4.78 is 0.817. The normalized spacial score (nSPS) is 21.0. The minimum atomic E-state index is -0.0430. The predicted molar refractivity (Wildman–Crippen MR) is 68.1 cm³/mol. The van der Waals surface area contributed by atoms with Crippen molar-refractivity contribution in [2.45, 2.75) is 56.1 Å². The molecule has 0 bridgehead atoms. The molecule has 0 spiro atoms. The molecule has 1 heterocycles. The predicted octanol–water partition coefficient (Wildman–Crippen LogP) is 3.51. The van der Waals surface area contributed by atoms with Crippen molar-refractivity contribution in [2.24, 2.45) is 0 Å². The first kappa shape index (κ1) is 12.7. The fraction of sp³-hybridized carbons (Fsp3) is 1.00. The van der Waals surface area contributed by atoms with Gasteiger partial charge in [-0.3, -0.25) is 0 Å². The molecule has 0 aromatic carbocycles. The van der Waals surface area contributed by atoms with Gasteiger partial charge in [0.25, 0.3) is 0 Å². The second kappa shape index (κ2) is 7.89. The molecular weight excluding hydrogens is 212 g/mol. The van der Waals surface area contributed by atoms with Gasteiger partial charge in [0, 0.05) is 0 Å². The lowest BCUT2D eigenvalue weighted by Crippen LogP contribution is -2.09. The topological polar surface area (TPSA) is 20.2 Å². The van der Waals surface area contributed by atoms with Gasteiger partial charge in [-0.2, -0.15) is 0 Å². The van der Waals surface area contributed by atoms with E-state index >= 15 is 0 Å². The van der Waals surface area contributed by atoms with Crippen LogP contribution in [0.2, 0.25) is 0 Å². The molecule has 1 rings (SSSR count). The third-order valence-corrected chi connectivity index (χ3v) is 5.58. The number of rotatable bonds is 6. The van der Waals surface area contributed by atoms with Crippen LogP contribution >= 0.6 is 23.5 Å². The van der Waals surface area contributed by atoms with Gasteiger partial charge in [0.2, 0.25) is 0 Å². The molecule has 0 aliphatic carbocycles. The molecule has 1 saturated heterocycles. The lowest BCUT2D eigenvalue weighted by Gasteiger charge is -2.21. The summed E-state index contributed by atoms with van der Waals surface area (Å²) in [4.78, 5) is 0. The van der Waals surface area contributed by atoms with Crippen molar-refractivity contribution in [3.63, 3.8) is 0 Å². The number of hydrogen-bond donors (Lipinski definition) is 1. The van der Waals surface area contributed by atoms with Crippen molar-refractivity contribution < 1.29 is 5.11 Å². The Hall–Kier alpha value is 0.660. The van der Waals surface area contributed by atoms with E-state index in [-0.39, 0.29) is 6.10 Å². The van der Waals surface area contributed by atoms with E-state index in [4.69, 9.17) is 0 Å². The maximum absolute atomic E-state index is 9.57. The highest BCUT2D eigenvalue weighted by Gasteiger charge is 2.14. The summed E-state index contributed by atoms with van der Waals surface area (Å²) in [6, 6.07) is 0. The minimum Gasteiger partial charge on any atom is -0.393 e. The van der Waals surface area contributed by atoms with Crippen LogP contribution in [-0.4, -0.2) is 27.3 Å². The summed E-state index contributed by atoms with van der Waals surface area (Å²) >= 11 is 4.22. The quantitative estimate of drug-likeness (QED) is 0.759. The van der Waals surface area contributed by atoms with Crippen LogP contribution < -0.4 is 0 Å². The lowest BCUT2D eigenvalue weighted by atomic mass is 10.1. The van der Waals surface area contributed by atoms with Crippen LogP contribution in [-0.2, 0) is 0 Å². The molecule has 1 aliphatic heterocycles. The van der Waals surface area contributed by atoms with Crippen molar-refractivity contribution in [1.29, 1.82) is 0 Å². The molecule has 0 aromatic rings. The van der Waals surface area contributed by atoms with Crippen molar-refractivity contribution >= 4 is 23.5 Å². The molecule has 0 amide bonds. The van der Waals surface area contributed by atoms with E-state index in [2.05, 4.69) is 30.4 Å². The minimum absolute atomic E-state index is 0.0430. The molecule has 0 aromatic heterocycles. The molecule has 0 radical (unpaired) electrons. The van der Waals surface area contributed by atoms with Crippen LogP contribution in [0.5, 0.6) is 0 Å². The maximum atomic E-state index is 9.57. The Kier molecular flexibility index (Phi) is 7.17. The van der Waals surface area contributed by atoms with E-state index in [1.165, 1.54) is 30.8 Å². The molecular formula is C11H22OS2. The molecule has 3 heteroatoms. The standard InChI is InChI=1S/C11H22OS2/c1-2-5-10(12)6-3-7-11-13-8-4-9-14-11/h10-12H,2-9H2,1H3. The molecule has 1 unspecified atom stereocenters. The highest BCUT2D eigenvalue weighted by atomic mass is 32.2. The number of aliphatic hydroxyl groups is 1. The zero-order valence-corrected chi connectivity index (χ0v) is 10.7. The first-order valence-corrected chi connectivity index (χ1v) is 7.84. The Bertz CT molecular complexity index is 135. The summed E-state index contributed by atoms with van der Waals surface area (Å²) in [5.74, 6) is 2.68. The van der Waals surface area contributed by atoms with Crippen molar-refractivity contribution in [2.75, 3.05) is 11.5 Å². The van der Waals surface area contributed by atoms with Gasteiger partial charge in [-0.1, -0.05) is 13.3 Å². The van der Waals surface area contributed by atoms with Crippen LogP contribution in [0.25, 0.3) is 0 Å². The summed E-state index contributed by atoms with van der Waals surface area (Å²) in [6.45, 7) is 2.13. The summed E-state index contributed by atoms with van der Waals surface area (Å²) in [7, 11) is 0. The van der Waals surface area contributed by atoms with E-state index in [0.717, 1.165) is 23.8 Å². The Labute approximate surface area is 96.4 Å². The van der Waals surface area contributed by atoms with Crippen molar-refractivity contribution in [1.82, 2.24) is 0 Å². The fourth-order valence-corrected chi connectivity index (χ4v) is 4.66. The highest BCUT2D eigenvalue weighted by Crippen LogP contribution is 2.34. The third-order valence-electron chi connectivity index (χ3n) is 2.50. The highest BCUT2D eigenvalue weighted by molar-refractivity contribution is 8.17. The van der Waals surface area contributed by atoms with Gasteiger partial charge >= 0.3 is 0 Å². The summed E-state index contributed by atoms with van der Waals surface area (Å²) in [5.41, 5.74) is 0.